The summed E-state index contributed by atoms with van der Waals surface area (Å²) in [5, 5.41) is 2.79. The van der Waals surface area contributed by atoms with Crippen LogP contribution in [0, 0.1) is 12.8 Å². The number of nitrogens with one attached hydrogen (secondary N) is 1. The van der Waals surface area contributed by atoms with Gasteiger partial charge in [0.2, 0.25) is 5.91 Å². The van der Waals surface area contributed by atoms with Crippen molar-refractivity contribution in [2.75, 3.05) is 19.7 Å². The number of amides is 2. The van der Waals surface area contributed by atoms with E-state index in [-0.39, 0.29) is 29.0 Å². The molecule has 0 radical (unpaired) electrons. The first-order chi connectivity index (χ1) is 13.7. The van der Waals surface area contributed by atoms with Gasteiger partial charge in [-0.3, -0.25) is 4.79 Å². The average molecular weight is 412 g/mol. The highest BCUT2D eigenvalue weighted by molar-refractivity contribution is 5.81. The lowest BCUT2D eigenvalue weighted by Gasteiger charge is -2.45. The molecule has 9 heteroatoms. The molecule has 1 N–H and O–H groups in total. The number of alkyl halides is 3. The largest absolute Gasteiger partial charge is 0.573 e. The zero-order chi connectivity index (χ0) is 20.8. The normalized spacial score (nSPS) is 27.4. The van der Waals surface area contributed by atoms with Crippen molar-refractivity contribution >= 4 is 12.0 Å². The molecule has 3 aliphatic rings. The van der Waals surface area contributed by atoms with Crippen molar-refractivity contribution in [2.24, 2.45) is 5.92 Å². The topological polar surface area (TPSA) is 67.9 Å². The van der Waals surface area contributed by atoms with Gasteiger partial charge in [-0.1, -0.05) is 12.1 Å². The molecular weight excluding hydrogens is 389 g/mol. The second kappa shape index (κ2) is 7.11. The highest BCUT2D eigenvalue weighted by Crippen LogP contribution is 2.42. The Morgan fingerprint density at radius 1 is 1.28 bits per heavy atom. The third kappa shape index (κ3) is 4.00. The quantitative estimate of drug-likeness (QED) is 0.825. The highest BCUT2D eigenvalue weighted by atomic mass is 19.4. The van der Waals surface area contributed by atoms with Crippen LogP contribution < -0.4 is 10.1 Å². The summed E-state index contributed by atoms with van der Waals surface area (Å²) in [5.74, 6) is -0.111. The number of likely N-dealkylation sites (tertiary alicyclic amines) is 1. The van der Waals surface area contributed by atoms with Crippen molar-refractivity contribution < 1.29 is 32.2 Å². The molecule has 3 fully saturated rings. The maximum absolute atomic E-state index is 12.8. The van der Waals surface area contributed by atoms with Crippen LogP contribution in [0.25, 0.3) is 0 Å². The molecule has 1 aliphatic carbocycles. The van der Waals surface area contributed by atoms with Crippen LogP contribution in [0.15, 0.2) is 18.2 Å². The predicted molar refractivity (Wildman–Crippen MR) is 96.4 cm³/mol. The zero-order valence-corrected chi connectivity index (χ0v) is 16.1. The fourth-order valence-electron chi connectivity index (χ4n) is 4.75. The average Bonchev–Trinajstić information content (AvgIpc) is 3.03. The summed E-state index contributed by atoms with van der Waals surface area (Å²) in [6.07, 6.45) is -2.58. The summed E-state index contributed by atoms with van der Waals surface area (Å²) < 4.78 is 46.8. The van der Waals surface area contributed by atoms with Crippen molar-refractivity contribution in [3.8, 4) is 5.75 Å². The lowest BCUT2D eigenvalue weighted by Crippen LogP contribution is -2.58. The molecule has 2 saturated heterocycles. The molecule has 1 spiro atoms. The number of carbonyl (C=O) groups is 2. The van der Waals surface area contributed by atoms with Gasteiger partial charge in [0.15, 0.2) is 0 Å². The minimum Gasteiger partial charge on any atom is -0.447 e. The number of alkyl carbamates (subject to hydrolysis) is 1. The summed E-state index contributed by atoms with van der Waals surface area (Å²) in [6, 6.07) is 4.73. The molecule has 6 nitrogen and oxygen atoms in total. The Bertz CT molecular complexity index is 812. The minimum atomic E-state index is -4.72. The third-order valence-electron chi connectivity index (χ3n) is 6.27. The maximum atomic E-state index is 12.8. The van der Waals surface area contributed by atoms with Gasteiger partial charge >= 0.3 is 12.5 Å². The first-order valence-corrected chi connectivity index (χ1v) is 9.75. The van der Waals surface area contributed by atoms with Gasteiger partial charge in [-0.05, 0) is 55.7 Å². The summed E-state index contributed by atoms with van der Waals surface area (Å²) in [6.45, 7) is 3.09. The molecule has 1 aromatic carbocycles. The lowest BCUT2D eigenvalue weighted by atomic mass is 9.68. The molecule has 1 aromatic rings. The number of hydrogen-bond donors (Lipinski definition) is 1. The summed E-state index contributed by atoms with van der Waals surface area (Å²) in [5.41, 5.74) is 0.950. The fourth-order valence-corrected chi connectivity index (χ4v) is 4.75. The van der Waals surface area contributed by atoms with Gasteiger partial charge in [0.05, 0.1) is 5.54 Å². The molecule has 2 heterocycles. The predicted octanol–water partition coefficient (Wildman–Crippen LogP) is 3.49. The van der Waals surface area contributed by atoms with Gasteiger partial charge in [0, 0.05) is 19.0 Å². The lowest BCUT2D eigenvalue weighted by molar-refractivity contribution is -0.274. The molecule has 2 aliphatic heterocycles. The van der Waals surface area contributed by atoms with E-state index in [1.165, 1.54) is 6.07 Å². The Kier molecular flexibility index (Phi) is 4.86. The Balaban J connectivity index is 1.34. The van der Waals surface area contributed by atoms with Crippen LogP contribution in [0.5, 0.6) is 5.75 Å². The van der Waals surface area contributed by atoms with Gasteiger partial charge in [-0.25, -0.2) is 4.79 Å². The minimum absolute atomic E-state index is 0.0844. The summed E-state index contributed by atoms with van der Waals surface area (Å²) in [4.78, 5) is 25.8. The molecule has 4 rings (SSSR count). The van der Waals surface area contributed by atoms with Gasteiger partial charge < -0.3 is 19.7 Å². The number of carbonyl (C=O) groups excluding carboxylic acids is 2. The second-order valence-electron chi connectivity index (χ2n) is 8.20. The molecule has 0 unspecified atom stereocenters. The first kappa shape index (κ1) is 19.8. The molecule has 0 aromatic heterocycles. The van der Waals surface area contributed by atoms with E-state index < -0.39 is 12.5 Å². The maximum Gasteiger partial charge on any atom is 0.573 e. The van der Waals surface area contributed by atoms with E-state index in [1.54, 1.807) is 13.0 Å². The van der Waals surface area contributed by atoms with Crippen molar-refractivity contribution in [2.45, 2.75) is 50.4 Å². The fraction of sp³-hybridized carbons (Fsp3) is 0.600. The van der Waals surface area contributed by atoms with Crippen LogP contribution in [0.3, 0.4) is 0 Å². The van der Waals surface area contributed by atoms with Crippen molar-refractivity contribution in [3.05, 3.63) is 29.3 Å². The number of ether oxygens (including phenoxy) is 2. The Morgan fingerprint density at radius 2 is 1.97 bits per heavy atom. The standard InChI is InChI=1S/C20H23F3N2O4/c1-12-15(3-2-4-16(12)29-20(21,22)23)13-5-7-25(8-6-13)17(26)14-9-19(10-14)11-28-18(27)24-19/h2-4,13-14H,5-11H2,1H3,(H,24,27). The van der Waals surface area contributed by atoms with Crippen LogP contribution in [0.2, 0.25) is 0 Å². The van der Waals surface area contributed by atoms with Gasteiger partial charge in [-0.15, -0.1) is 13.2 Å². The van der Waals surface area contributed by atoms with Gasteiger partial charge in [0.1, 0.15) is 12.4 Å². The van der Waals surface area contributed by atoms with E-state index in [9.17, 15) is 22.8 Å². The van der Waals surface area contributed by atoms with E-state index in [1.807, 2.05) is 11.0 Å². The number of benzene rings is 1. The van der Waals surface area contributed by atoms with Gasteiger partial charge in [-0.2, -0.15) is 0 Å². The van der Waals surface area contributed by atoms with Crippen molar-refractivity contribution in [1.82, 2.24) is 10.2 Å². The van der Waals surface area contributed by atoms with Crippen molar-refractivity contribution in [1.29, 1.82) is 0 Å². The van der Waals surface area contributed by atoms with Crippen LogP contribution >= 0.6 is 0 Å². The molecule has 158 valence electrons. The molecular formula is C20H23F3N2O4. The zero-order valence-electron chi connectivity index (χ0n) is 16.1. The summed E-state index contributed by atoms with van der Waals surface area (Å²) >= 11 is 0. The molecule has 2 amide bonds. The Morgan fingerprint density at radius 3 is 2.55 bits per heavy atom. The molecule has 0 atom stereocenters. The molecule has 29 heavy (non-hydrogen) atoms. The van der Waals surface area contributed by atoms with E-state index in [0.717, 1.165) is 5.56 Å². The van der Waals surface area contributed by atoms with E-state index in [0.29, 0.717) is 50.9 Å². The second-order valence-corrected chi connectivity index (χ2v) is 8.20. The SMILES string of the molecule is Cc1c(OC(F)(F)F)cccc1C1CCN(C(=O)C2CC3(COC(=O)N3)C2)CC1. The van der Waals surface area contributed by atoms with Crippen LogP contribution in [-0.2, 0) is 9.53 Å². The Labute approximate surface area is 166 Å². The monoisotopic (exact) mass is 412 g/mol. The first-order valence-electron chi connectivity index (χ1n) is 9.75. The Hall–Kier alpha value is -2.45. The smallest absolute Gasteiger partial charge is 0.447 e. The van der Waals surface area contributed by atoms with Crippen LogP contribution in [0.1, 0.15) is 42.7 Å². The molecule has 1 saturated carbocycles. The number of nitrogens with zero attached hydrogens (tertiary/aromatic N) is 1. The number of halogens is 3. The van der Waals surface area contributed by atoms with E-state index in [4.69, 9.17) is 4.74 Å². The number of rotatable bonds is 3. The number of cyclic esters (lactones) is 1. The van der Waals surface area contributed by atoms with Crippen LogP contribution in [-0.4, -0.2) is 48.5 Å². The van der Waals surface area contributed by atoms with E-state index in [2.05, 4.69) is 10.1 Å². The number of hydrogen-bond acceptors (Lipinski definition) is 4. The third-order valence-corrected chi connectivity index (χ3v) is 6.27. The van der Waals surface area contributed by atoms with Gasteiger partial charge in [0.25, 0.3) is 0 Å². The highest BCUT2D eigenvalue weighted by Gasteiger charge is 2.53. The molecule has 0 bridgehead atoms. The van der Waals surface area contributed by atoms with Crippen LogP contribution in [0.4, 0.5) is 18.0 Å². The van der Waals surface area contributed by atoms with E-state index >= 15 is 0 Å². The van der Waals surface area contributed by atoms with Crippen molar-refractivity contribution in [3.63, 3.8) is 0 Å². The number of piperidine rings is 1. The summed E-state index contributed by atoms with van der Waals surface area (Å²) in [7, 11) is 0.